The van der Waals surface area contributed by atoms with Gasteiger partial charge in [0.2, 0.25) is 0 Å². The molecule has 0 saturated carbocycles. The number of aromatic nitrogens is 3. The Labute approximate surface area is 150 Å². The van der Waals surface area contributed by atoms with Crippen molar-refractivity contribution in [1.82, 2.24) is 15.0 Å². The van der Waals surface area contributed by atoms with Gasteiger partial charge in [-0.15, -0.1) is 0 Å². The molecule has 4 rings (SSSR count). The predicted molar refractivity (Wildman–Crippen MR) is 105 cm³/mol. The highest BCUT2D eigenvalue weighted by Crippen LogP contribution is 2.24. The Hall–Kier alpha value is -3.67. The molecule has 5 N–H and O–H groups in total. The Morgan fingerprint density at radius 2 is 1.85 bits per heavy atom. The fourth-order valence-electron chi connectivity index (χ4n) is 2.75. The average Bonchev–Trinajstić information content (AvgIpc) is 2.68. The molecule has 3 aromatic heterocycles. The number of hydrogen-bond donors (Lipinski definition) is 3. The van der Waals surface area contributed by atoms with Gasteiger partial charge in [-0.2, -0.15) is 0 Å². The molecule has 4 aromatic rings. The van der Waals surface area contributed by atoms with Crippen molar-refractivity contribution in [2.45, 2.75) is 6.54 Å². The number of anilines is 3. The molecule has 26 heavy (non-hydrogen) atoms. The van der Waals surface area contributed by atoms with E-state index in [1.807, 2.05) is 42.5 Å². The Bertz CT molecular complexity index is 1060. The first kappa shape index (κ1) is 15.8. The molecule has 6 nitrogen and oxygen atoms in total. The quantitative estimate of drug-likeness (QED) is 0.525. The van der Waals surface area contributed by atoms with Gasteiger partial charge in [-0.05, 0) is 48.0 Å². The molecular weight excluding hydrogens is 324 g/mol. The smallest absolute Gasteiger partial charge is 0.150 e. The molecular formula is C20H18N6. The fraction of sp³-hybridized carbons (Fsp3) is 0.0500. The zero-order chi connectivity index (χ0) is 17.9. The maximum absolute atomic E-state index is 6.08. The van der Waals surface area contributed by atoms with E-state index < -0.39 is 0 Å². The molecule has 0 aliphatic rings. The van der Waals surface area contributed by atoms with Crippen LogP contribution in [0.15, 0.2) is 67.0 Å². The van der Waals surface area contributed by atoms with Crippen molar-refractivity contribution in [2.24, 2.45) is 0 Å². The number of nitrogen functional groups attached to an aromatic ring is 2. The Morgan fingerprint density at radius 1 is 0.923 bits per heavy atom. The minimum atomic E-state index is 0.480. The highest BCUT2D eigenvalue weighted by molar-refractivity contribution is 5.79. The second-order valence-corrected chi connectivity index (χ2v) is 5.99. The number of pyridine rings is 3. The van der Waals surface area contributed by atoms with Crippen molar-refractivity contribution in [1.29, 1.82) is 0 Å². The van der Waals surface area contributed by atoms with Crippen LogP contribution in [0.3, 0.4) is 0 Å². The molecule has 0 amide bonds. The van der Waals surface area contributed by atoms with Gasteiger partial charge in [0.15, 0.2) is 0 Å². The largest absolute Gasteiger partial charge is 0.396 e. The van der Waals surface area contributed by atoms with E-state index in [1.165, 1.54) is 0 Å². The lowest BCUT2D eigenvalue weighted by Gasteiger charge is -2.11. The van der Waals surface area contributed by atoms with E-state index in [1.54, 1.807) is 18.5 Å². The summed E-state index contributed by atoms with van der Waals surface area (Å²) in [5.74, 6) is 1.12. The molecule has 128 valence electrons. The van der Waals surface area contributed by atoms with Crippen molar-refractivity contribution in [3.05, 3.63) is 72.6 Å². The summed E-state index contributed by atoms with van der Waals surface area (Å²) in [5, 5.41) is 4.42. The van der Waals surface area contributed by atoms with E-state index in [0.717, 1.165) is 27.7 Å². The van der Waals surface area contributed by atoms with E-state index in [4.69, 9.17) is 11.5 Å². The van der Waals surface area contributed by atoms with Crippen molar-refractivity contribution in [3.8, 4) is 11.3 Å². The van der Waals surface area contributed by atoms with Gasteiger partial charge in [-0.3, -0.25) is 4.98 Å². The van der Waals surface area contributed by atoms with E-state index in [9.17, 15) is 0 Å². The third kappa shape index (κ3) is 3.25. The number of fused-ring (bicyclic) bond motifs is 1. The minimum absolute atomic E-state index is 0.480. The number of benzene rings is 1. The molecule has 6 heteroatoms. The SMILES string of the molecule is Nc1ccc(-c2ccc(N)c(NCc3ccc4ncccc4c3)n2)cn1. The average molecular weight is 342 g/mol. The van der Waals surface area contributed by atoms with Gasteiger partial charge in [0.25, 0.3) is 0 Å². The highest BCUT2D eigenvalue weighted by Gasteiger charge is 2.06. The van der Waals surface area contributed by atoms with E-state index in [-0.39, 0.29) is 0 Å². The third-order valence-electron chi connectivity index (χ3n) is 4.14. The summed E-state index contributed by atoms with van der Waals surface area (Å²) in [4.78, 5) is 13.1. The van der Waals surface area contributed by atoms with E-state index in [2.05, 4.69) is 26.3 Å². The molecule has 0 fully saturated rings. The van der Waals surface area contributed by atoms with E-state index in [0.29, 0.717) is 23.9 Å². The first-order chi connectivity index (χ1) is 12.7. The number of nitrogens with one attached hydrogen (secondary N) is 1. The molecule has 0 spiro atoms. The molecule has 3 heterocycles. The molecule has 1 aromatic carbocycles. The van der Waals surface area contributed by atoms with Gasteiger partial charge < -0.3 is 16.8 Å². The lowest BCUT2D eigenvalue weighted by Crippen LogP contribution is -2.05. The summed E-state index contributed by atoms with van der Waals surface area (Å²) in [6.07, 6.45) is 3.50. The van der Waals surface area contributed by atoms with Crippen molar-refractivity contribution >= 4 is 28.2 Å². The molecule has 0 atom stereocenters. The first-order valence-electron chi connectivity index (χ1n) is 8.25. The second kappa shape index (κ2) is 6.68. The van der Waals surface area contributed by atoms with Gasteiger partial charge >= 0.3 is 0 Å². The summed E-state index contributed by atoms with van der Waals surface area (Å²) in [6, 6.07) is 17.5. The van der Waals surface area contributed by atoms with Crippen molar-refractivity contribution in [2.75, 3.05) is 16.8 Å². The van der Waals surface area contributed by atoms with Crippen LogP contribution in [-0.4, -0.2) is 15.0 Å². The lowest BCUT2D eigenvalue weighted by molar-refractivity contribution is 1.12. The molecule has 0 radical (unpaired) electrons. The second-order valence-electron chi connectivity index (χ2n) is 5.99. The van der Waals surface area contributed by atoms with Crippen LogP contribution in [0, 0.1) is 0 Å². The monoisotopic (exact) mass is 342 g/mol. The van der Waals surface area contributed by atoms with Crippen molar-refractivity contribution in [3.63, 3.8) is 0 Å². The van der Waals surface area contributed by atoms with Crippen LogP contribution in [0.2, 0.25) is 0 Å². The molecule has 0 unspecified atom stereocenters. The lowest BCUT2D eigenvalue weighted by atomic mass is 10.1. The van der Waals surface area contributed by atoms with Gasteiger partial charge in [0, 0.05) is 29.9 Å². The molecule has 0 aliphatic carbocycles. The Kier molecular flexibility index (Phi) is 4.07. The van der Waals surface area contributed by atoms with Crippen LogP contribution >= 0.6 is 0 Å². The summed E-state index contributed by atoms with van der Waals surface area (Å²) >= 11 is 0. The van der Waals surface area contributed by atoms with Crippen LogP contribution in [0.4, 0.5) is 17.3 Å². The number of hydrogen-bond acceptors (Lipinski definition) is 6. The van der Waals surface area contributed by atoms with Crippen LogP contribution < -0.4 is 16.8 Å². The maximum atomic E-state index is 6.08. The number of nitrogens with zero attached hydrogens (tertiary/aromatic N) is 3. The van der Waals surface area contributed by atoms with Crippen LogP contribution in [0.1, 0.15) is 5.56 Å². The minimum Gasteiger partial charge on any atom is -0.396 e. The summed E-state index contributed by atoms with van der Waals surface area (Å²) in [7, 11) is 0. The zero-order valence-electron chi connectivity index (χ0n) is 14.1. The van der Waals surface area contributed by atoms with Gasteiger partial charge in [-0.1, -0.05) is 12.1 Å². The van der Waals surface area contributed by atoms with Crippen LogP contribution in [-0.2, 0) is 6.54 Å². The topological polar surface area (TPSA) is 103 Å². The third-order valence-corrected chi connectivity index (χ3v) is 4.14. The molecule has 0 bridgehead atoms. The highest BCUT2D eigenvalue weighted by atomic mass is 15.0. The predicted octanol–water partition coefficient (Wildman–Crippen LogP) is 3.47. The van der Waals surface area contributed by atoms with Gasteiger partial charge in [0.05, 0.1) is 16.9 Å². The normalized spacial score (nSPS) is 10.8. The van der Waals surface area contributed by atoms with Gasteiger partial charge in [-0.25, -0.2) is 9.97 Å². The number of nitrogens with two attached hydrogens (primary N) is 2. The van der Waals surface area contributed by atoms with Gasteiger partial charge in [0.1, 0.15) is 11.6 Å². The van der Waals surface area contributed by atoms with E-state index >= 15 is 0 Å². The maximum Gasteiger partial charge on any atom is 0.150 e. The van der Waals surface area contributed by atoms with Crippen LogP contribution in [0.5, 0.6) is 0 Å². The summed E-state index contributed by atoms with van der Waals surface area (Å²) in [6.45, 7) is 0.617. The number of rotatable bonds is 4. The molecule has 0 saturated heterocycles. The summed E-state index contributed by atoms with van der Waals surface area (Å²) in [5.41, 5.74) is 16.1. The fourth-order valence-corrected chi connectivity index (χ4v) is 2.75. The Balaban J connectivity index is 1.57. The molecule has 0 aliphatic heterocycles. The van der Waals surface area contributed by atoms with Crippen LogP contribution in [0.25, 0.3) is 22.2 Å². The Morgan fingerprint density at radius 3 is 2.69 bits per heavy atom. The first-order valence-corrected chi connectivity index (χ1v) is 8.25. The zero-order valence-corrected chi connectivity index (χ0v) is 14.1. The summed E-state index contributed by atoms with van der Waals surface area (Å²) < 4.78 is 0. The van der Waals surface area contributed by atoms with Crippen molar-refractivity contribution < 1.29 is 0 Å². The standard InChI is InChI=1S/C20H18N6/c21-16-5-7-18(15-4-8-19(22)24-12-15)26-20(16)25-11-13-3-6-17-14(10-13)2-1-9-23-17/h1-10,12H,11,21H2,(H2,22,24)(H,25,26).